The predicted molar refractivity (Wildman–Crippen MR) is 319 cm³/mol. The molecule has 0 N–H and O–H groups in total. The van der Waals surface area contributed by atoms with Crippen molar-refractivity contribution >= 4 is 76.3 Å². The second kappa shape index (κ2) is 15.6. The van der Waals surface area contributed by atoms with Crippen LogP contribution in [0.25, 0.3) is 132 Å². The summed E-state index contributed by atoms with van der Waals surface area (Å²) in [5.41, 5.74) is 22.7. The molecule has 77 heavy (non-hydrogen) atoms. The first-order valence-corrected chi connectivity index (χ1v) is 28.0. The number of para-hydroxylation sites is 3. The maximum atomic E-state index is 6.41. The van der Waals surface area contributed by atoms with Gasteiger partial charge >= 0.3 is 0 Å². The summed E-state index contributed by atoms with van der Waals surface area (Å²) in [7, 11) is 0. The summed E-state index contributed by atoms with van der Waals surface area (Å²) in [6.45, 7) is 0. The molecule has 4 bridgehead atoms. The monoisotopic (exact) mass is 984 g/mol. The summed E-state index contributed by atoms with van der Waals surface area (Å²) in [6, 6.07) is 86.8. The van der Waals surface area contributed by atoms with Crippen molar-refractivity contribution in [3.8, 4) is 55.9 Å². The zero-order chi connectivity index (χ0) is 50.1. The average Bonchev–Trinajstić information content (AvgIpc) is 4.37. The first-order valence-electron chi connectivity index (χ1n) is 28.0. The fourth-order valence-electron chi connectivity index (χ4n) is 16.4. The van der Waals surface area contributed by atoms with Crippen molar-refractivity contribution in [2.24, 2.45) is 23.7 Å². The summed E-state index contributed by atoms with van der Waals surface area (Å²) in [6.07, 6.45) is 7.11. The van der Waals surface area contributed by atoms with Gasteiger partial charge in [-0.25, -0.2) is 0 Å². The van der Waals surface area contributed by atoms with E-state index in [9.17, 15) is 0 Å². The van der Waals surface area contributed by atoms with Gasteiger partial charge in [0.2, 0.25) is 0 Å². The van der Waals surface area contributed by atoms with Crippen LogP contribution in [-0.2, 0) is 5.41 Å². The van der Waals surface area contributed by atoms with Crippen molar-refractivity contribution in [3.63, 3.8) is 0 Å². The number of hydrogen-bond acceptors (Lipinski definition) is 1. The zero-order valence-electron chi connectivity index (χ0n) is 42.6. The Hall–Kier alpha value is -8.92. The Morgan fingerprint density at radius 3 is 1.48 bits per heavy atom. The fourth-order valence-corrected chi connectivity index (χ4v) is 16.4. The van der Waals surface area contributed by atoms with E-state index in [4.69, 9.17) is 4.42 Å². The Morgan fingerprint density at radius 2 is 0.779 bits per heavy atom. The van der Waals surface area contributed by atoms with E-state index in [1.165, 1.54) is 131 Å². The molecule has 3 heteroatoms. The third kappa shape index (κ3) is 5.92. The van der Waals surface area contributed by atoms with Gasteiger partial charge in [0.15, 0.2) is 0 Å². The molecular formula is C74H52N2O. The molecule has 0 unspecified atom stereocenters. The van der Waals surface area contributed by atoms with Crippen LogP contribution in [-0.4, -0.2) is 9.13 Å². The lowest BCUT2D eigenvalue weighted by molar-refractivity contribution is -0.0399. The largest absolute Gasteiger partial charge is 0.456 e. The van der Waals surface area contributed by atoms with Crippen molar-refractivity contribution in [2.45, 2.75) is 37.5 Å². The van der Waals surface area contributed by atoms with E-state index in [1.807, 2.05) is 6.07 Å². The first kappa shape index (κ1) is 42.3. The Morgan fingerprint density at radius 1 is 0.312 bits per heavy atom. The van der Waals surface area contributed by atoms with Crippen LogP contribution in [0.3, 0.4) is 0 Å². The highest BCUT2D eigenvalue weighted by molar-refractivity contribution is 6.13. The molecule has 1 spiro atoms. The minimum absolute atomic E-state index is 0.181. The van der Waals surface area contributed by atoms with Crippen molar-refractivity contribution in [2.75, 3.05) is 0 Å². The van der Waals surface area contributed by atoms with Crippen LogP contribution in [0.5, 0.6) is 0 Å². The van der Waals surface area contributed by atoms with E-state index in [0.717, 1.165) is 57.0 Å². The van der Waals surface area contributed by atoms with Gasteiger partial charge in [0.1, 0.15) is 11.2 Å². The quantitative estimate of drug-likeness (QED) is 0.169. The maximum Gasteiger partial charge on any atom is 0.137 e. The van der Waals surface area contributed by atoms with Gasteiger partial charge in [-0.1, -0.05) is 158 Å². The van der Waals surface area contributed by atoms with Gasteiger partial charge < -0.3 is 13.6 Å². The highest BCUT2D eigenvalue weighted by Crippen LogP contribution is 2.69. The topological polar surface area (TPSA) is 23.0 Å². The molecule has 5 aliphatic rings. The van der Waals surface area contributed by atoms with E-state index in [2.05, 4.69) is 234 Å². The minimum Gasteiger partial charge on any atom is -0.456 e. The fraction of sp³-hybridized carbons (Fsp3) is 0.135. The zero-order valence-corrected chi connectivity index (χ0v) is 42.6. The molecule has 3 aromatic heterocycles. The molecule has 364 valence electrons. The van der Waals surface area contributed by atoms with Gasteiger partial charge in [0, 0.05) is 55.2 Å². The Balaban J connectivity index is 0.691. The average molecular weight is 985 g/mol. The number of furan rings is 1. The highest BCUT2D eigenvalue weighted by atomic mass is 16.3. The van der Waals surface area contributed by atoms with Gasteiger partial charge in [-0.05, 0) is 189 Å². The van der Waals surface area contributed by atoms with E-state index in [1.54, 1.807) is 11.1 Å². The van der Waals surface area contributed by atoms with Gasteiger partial charge in [0.25, 0.3) is 0 Å². The molecule has 4 saturated carbocycles. The predicted octanol–water partition coefficient (Wildman–Crippen LogP) is 19.7. The Labute approximate surface area is 446 Å². The van der Waals surface area contributed by atoms with Crippen molar-refractivity contribution in [1.82, 2.24) is 9.13 Å². The SMILES string of the molecule is c1ccc2c(c1)-c1ccc(-c3ccc(-c4ccc5cc(-n6c7ccccc7c7ccc(-c8ccc9c%10ccccc%10n(-c%10ccc%11c(c%10)oc%10ccccc%10%11)c9c8)cc76)ccc5c4)cc3)cc1C21C2CC3CC(C2)CC1C3. The molecule has 0 saturated heterocycles. The third-order valence-electron chi connectivity index (χ3n) is 19.5. The van der Waals surface area contributed by atoms with E-state index < -0.39 is 0 Å². The van der Waals surface area contributed by atoms with Crippen LogP contribution < -0.4 is 0 Å². The van der Waals surface area contributed by atoms with Gasteiger partial charge in [-0.2, -0.15) is 0 Å². The van der Waals surface area contributed by atoms with Crippen LogP contribution in [0.4, 0.5) is 0 Å². The lowest BCUT2D eigenvalue weighted by atomic mass is 9.43. The van der Waals surface area contributed by atoms with Crippen LogP contribution in [0.15, 0.2) is 235 Å². The second-order valence-corrected chi connectivity index (χ2v) is 23.3. The molecule has 0 atom stereocenters. The number of nitrogens with zero attached hydrogens (tertiary/aromatic N) is 2. The van der Waals surface area contributed by atoms with Crippen molar-refractivity contribution < 1.29 is 4.42 Å². The first-order chi connectivity index (χ1) is 38.1. The molecule has 0 aliphatic heterocycles. The minimum atomic E-state index is 0.181. The van der Waals surface area contributed by atoms with E-state index in [-0.39, 0.29) is 5.41 Å². The molecule has 0 amide bonds. The molecule has 3 nitrogen and oxygen atoms in total. The molecule has 5 aliphatic carbocycles. The summed E-state index contributed by atoms with van der Waals surface area (Å²) in [4.78, 5) is 0. The van der Waals surface area contributed by atoms with E-state index in [0.29, 0.717) is 0 Å². The number of aromatic nitrogens is 2. The Bertz CT molecular complexity index is 4800. The summed E-state index contributed by atoms with van der Waals surface area (Å²) >= 11 is 0. The lowest BCUT2D eigenvalue weighted by Crippen LogP contribution is -2.55. The van der Waals surface area contributed by atoms with Crippen LogP contribution >= 0.6 is 0 Å². The lowest BCUT2D eigenvalue weighted by Gasteiger charge is -2.61. The van der Waals surface area contributed by atoms with Crippen LogP contribution in [0, 0.1) is 23.7 Å². The summed E-state index contributed by atoms with van der Waals surface area (Å²) in [5.74, 6) is 3.42. The molecule has 4 fully saturated rings. The van der Waals surface area contributed by atoms with Gasteiger partial charge in [-0.3, -0.25) is 0 Å². The van der Waals surface area contributed by atoms with Crippen molar-refractivity contribution in [1.29, 1.82) is 0 Å². The smallest absolute Gasteiger partial charge is 0.137 e. The molecule has 14 aromatic rings. The van der Waals surface area contributed by atoms with Crippen LogP contribution in [0.1, 0.15) is 43.2 Å². The third-order valence-corrected chi connectivity index (χ3v) is 19.5. The molecule has 11 aromatic carbocycles. The summed E-state index contributed by atoms with van der Waals surface area (Å²) in [5, 5.41) is 9.69. The standard InChI is InChI=1S/C74H52N2O/c1-5-13-66-58(9-1)59-29-24-51(40-67(59)74(66)54-34-44-33-45(36-54)37-55(74)35-44)47-19-17-46(18-20-47)48-21-22-50-39-56(27-23-49(50)38-48)75-68-14-6-2-10-60(68)62-30-25-52(41-70(62)75)53-26-31-63-61-11-3-7-15-69(61)76(71(63)42-53)57-28-32-65-64-12-4-8-16-72(64)77-73(65)43-57/h1-32,38-45,54-55H,33-37H2. The van der Waals surface area contributed by atoms with E-state index >= 15 is 0 Å². The number of hydrogen-bond donors (Lipinski definition) is 0. The van der Waals surface area contributed by atoms with Gasteiger partial charge in [-0.15, -0.1) is 0 Å². The number of fused-ring (bicyclic) bond motifs is 13. The van der Waals surface area contributed by atoms with Crippen LogP contribution in [0.2, 0.25) is 0 Å². The number of rotatable bonds is 5. The summed E-state index contributed by atoms with van der Waals surface area (Å²) < 4.78 is 11.3. The maximum absolute atomic E-state index is 6.41. The molecular weight excluding hydrogens is 933 g/mol. The normalized spacial score (nSPS) is 20.3. The molecule has 0 radical (unpaired) electrons. The number of benzene rings is 11. The molecule has 19 rings (SSSR count). The second-order valence-electron chi connectivity index (χ2n) is 23.3. The van der Waals surface area contributed by atoms with Crippen molar-refractivity contribution in [3.05, 3.63) is 242 Å². The highest BCUT2D eigenvalue weighted by Gasteiger charge is 2.61. The van der Waals surface area contributed by atoms with Gasteiger partial charge in [0.05, 0.1) is 22.1 Å². The molecule has 3 heterocycles. The Kier molecular flexibility index (Phi) is 8.57.